The molecule has 52 valence electrons. The Morgan fingerprint density at radius 3 is 2.11 bits per heavy atom. The summed E-state index contributed by atoms with van der Waals surface area (Å²) in [6.07, 6.45) is 4.43. The predicted molar refractivity (Wildman–Crippen MR) is 38.4 cm³/mol. The average molecular weight is 125 g/mol. The molecule has 0 aromatic carbocycles. The van der Waals surface area contributed by atoms with E-state index in [-0.39, 0.29) is 0 Å². The summed E-state index contributed by atoms with van der Waals surface area (Å²) in [5, 5.41) is 0. The van der Waals surface area contributed by atoms with Gasteiger partial charge in [-0.2, -0.15) is 0 Å². The van der Waals surface area contributed by atoms with E-state index in [1.165, 1.54) is 32.4 Å². The molecule has 3 aliphatic rings. The summed E-state index contributed by atoms with van der Waals surface area (Å²) in [6.45, 7) is 5.13. The van der Waals surface area contributed by atoms with Crippen LogP contribution in [0.3, 0.4) is 0 Å². The molecule has 3 saturated heterocycles. The van der Waals surface area contributed by atoms with Crippen LogP contribution in [0.15, 0.2) is 0 Å². The van der Waals surface area contributed by atoms with Crippen LogP contribution in [0, 0.1) is 5.92 Å². The van der Waals surface area contributed by atoms with Crippen LogP contribution >= 0.6 is 0 Å². The Bertz CT molecular complexity index is 103. The van der Waals surface area contributed by atoms with Gasteiger partial charge in [-0.25, -0.2) is 0 Å². The van der Waals surface area contributed by atoms with Crippen LogP contribution in [0.25, 0.3) is 0 Å². The molecule has 2 bridgehead atoms. The van der Waals surface area contributed by atoms with Gasteiger partial charge in [-0.3, -0.25) is 0 Å². The van der Waals surface area contributed by atoms with Crippen molar-refractivity contribution in [3.63, 3.8) is 0 Å². The third-order valence-corrected chi connectivity index (χ3v) is 2.95. The highest BCUT2D eigenvalue weighted by Gasteiger charge is 2.30. The molecule has 1 heteroatoms. The van der Waals surface area contributed by atoms with Crippen molar-refractivity contribution in [3.05, 3.63) is 0 Å². The van der Waals surface area contributed by atoms with Crippen LogP contribution in [-0.2, 0) is 0 Å². The van der Waals surface area contributed by atoms with Gasteiger partial charge in [0.1, 0.15) is 0 Å². The van der Waals surface area contributed by atoms with Crippen LogP contribution in [0.1, 0.15) is 26.2 Å². The number of hydrogen-bond donors (Lipinski definition) is 0. The highest BCUT2D eigenvalue weighted by atomic mass is 15.2. The molecule has 0 aliphatic carbocycles. The molecule has 1 nitrogen and oxygen atoms in total. The molecule has 0 radical (unpaired) electrons. The minimum Gasteiger partial charge on any atom is -0.301 e. The first kappa shape index (κ1) is 5.72. The van der Waals surface area contributed by atoms with Gasteiger partial charge in [0.15, 0.2) is 0 Å². The number of fused-ring (bicyclic) bond motifs is 3. The van der Waals surface area contributed by atoms with Gasteiger partial charge >= 0.3 is 0 Å². The summed E-state index contributed by atoms with van der Waals surface area (Å²) in [5.41, 5.74) is 0. The third-order valence-electron chi connectivity index (χ3n) is 2.95. The van der Waals surface area contributed by atoms with E-state index in [0.717, 1.165) is 12.0 Å². The summed E-state index contributed by atoms with van der Waals surface area (Å²) >= 11 is 0. The van der Waals surface area contributed by atoms with E-state index in [9.17, 15) is 0 Å². The molecule has 0 aromatic heterocycles. The Hall–Kier alpha value is -0.0400. The van der Waals surface area contributed by atoms with Crippen LogP contribution in [0.2, 0.25) is 0 Å². The van der Waals surface area contributed by atoms with Crippen LogP contribution in [-0.4, -0.2) is 24.0 Å². The summed E-state index contributed by atoms with van der Waals surface area (Å²) in [7, 11) is 0. The van der Waals surface area contributed by atoms with Crippen molar-refractivity contribution in [2.45, 2.75) is 32.2 Å². The van der Waals surface area contributed by atoms with Gasteiger partial charge in [0.05, 0.1) is 0 Å². The molecule has 0 spiro atoms. The fraction of sp³-hybridized carbons (Fsp3) is 1.00. The SMILES string of the molecule is CC1CC2CCN1CC2. The zero-order chi connectivity index (χ0) is 6.27. The Morgan fingerprint density at radius 1 is 1.22 bits per heavy atom. The molecule has 0 N–H and O–H groups in total. The van der Waals surface area contributed by atoms with Gasteiger partial charge in [-0.05, 0) is 45.2 Å². The van der Waals surface area contributed by atoms with E-state index < -0.39 is 0 Å². The van der Waals surface area contributed by atoms with E-state index in [4.69, 9.17) is 0 Å². The zero-order valence-electron chi connectivity index (χ0n) is 6.14. The fourth-order valence-corrected chi connectivity index (χ4v) is 2.26. The van der Waals surface area contributed by atoms with Gasteiger partial charge in [0, 0.05) is 6.04 Å². The molecule has 0 aromatic rings. The van der Waals surface area contributed by atoms with E-state index in [1.54, 1.807) is 0 Å². The smallest absolute Gasteiger partial charge is 0.00695 e. The minimum absolute atomic E-state index is 0.900. The van der Waals surface area contributed by atoms with Gasteiger partial charge in [-0.1, -0.05) is 0 Å². The van der Waals surface area contributed by atoms with Gasteiger partial charge < -0.3 is 4.90 Å². The fourth-order valence-electron chi connectivity index (χ4n) is 2.26. The number of hydrogen-bond acceptors (Lipinski definition) is 1. The number of rotatable bonds is 0. The largest absolute Gasteiger partial charge is 0.301 e. The summed E-state index contributed by atoms with van der Waals surface area (Å²) in [6, 6.07) is 0.900. The van der Waals surface area contributed by atoms with Crippen molar-refractivity contribution in [2.75, 3.05) is 13.1 Å². The monoisotopic (exact) mass is 125 g/mol. The lowest BCUT2D eigenvalue weighted by Gasteiger charge is -2.43. The van der Waals surface area contributed by atoms with Crippen molar-refractivity contribution >= 4 is 0 Å². The molecule has 3 fully saturated rings. The second-order valence-corrected chi connectivity index (χ2v) is 3.56. The Morgan fingerprint density at radius 2 is 1.89 bits per heavy atom. The first-order valence-corrected chi connectivity index (χ1v) is 4.10. The minimum atomic E-state index is 0.900. The Labute approximate surface area is 57.0 Å². The van der Waals surface area contributed by atoms with Crippen LogP contribution < -0.4 is 0 Å². The van der Waals surface area contributed by atoms with Crippen LogP contribution in [0.5, 0.6) is 0 Å². The second kappa shape index (κ2) is 1.98. The topological polar surface area (TPSA) is 3.24 Å². The van der Waals surface area contributed by atoms with Crippen molar-refractivity contribution in [1.82, 2.24) is 4.90 Å². The molecule has 3 rings (SSSR count). The van der Waals surface area contributed by atoms with Crippen molar-refractivity contribution < 1.29 is 0 Å². The number of piperidine rings is 3. The van der Waals surface area contributed by atoms with Crippen LogP contribution in [0.4, 0.5) is 0 Å². The first-order chi connectivity index (χ1) is 4.36. The Balaban J connectivity index is 2.06. The summed E-state index contributed by atoms with van der Waals surface area (Å²) in [5.74, 6) is 1.09. The highest BCUT2D eigenvalue weighted by Crippen LogP contribution is 2.30. The molecule has 0 amide bonds. The predicted octanol–water partition coefficient (Wildman–Crippen LogP) is 1.49. The summed E-state index contributed by atoms with van der Waals surface area (Å²) < 4.78 is 0. The average Bonchev–Trinajstić information content (AvgIpc) is 1.90. The van der Waals surface area contributed by atoms with Crippen molar-refractivity contribution in [3.8, 4) is 0 Å². The molecule has 0 saturated carbocycles. The quantitative estimate of drug-likeness (QED) is 0.474. The maximum atomic E-state index is 2.62. The molecule has 9 heavy (non-hydrogen) atoms. The molecule has 3 heterocycles. The van der Waals surface area contributed by atoms with Crippen molar-refractivity contribution in [1.29, 1.82) is 0 Å². The lowest BCUT2D eigenvalue weighted by Crippen LogP contribution is -2.46. The molecule has 3 aliphatic heterocycles. The molecular formula is C8H15N. The van der Waals surface area contributed by atoms with Crippen molar-refractivity contribution in [2.24, 2.45) is 5.92 Å². The van der Waals surface area contributed by atoms with Gasteiger partial charge in [0.2, 0.25) is 0 Å². The maximum absolute atomic E-state index is 2.62. The first-order valence-electron chi connectivity index (χ1n) is 4.10. The van der Waals surface area contributed by atoms with E-state index in [1.807, 2.05) is 0 Å². The molecule has 1 atom stereocenters. The maximum Gasteiger partial charge on any atom is 0.00695 e. The normalized spacial score (nSPS) is 49.7. The molecule has 1 unspecified atom stereocenters. The lowest BCUT2D eigenvalue weighted by molar-refractivity contribution is 0.0594. The van der Waals surface area contributed by atoms with E-state index in [0.29, 0.717) is 0 Å². The summed E-state index contributed by atoms with van der Waals surface area (Å²) in [4.78, 5) is 2.62. The standard InChI is InChI=1S/C8H15N/c1-7-6-8-2-4-9(7)5-3-8/h7-8H,2-6H2,1H3. The second-order valence-electron chi connectivity index (χ2n) is 3.56. The molecular weight excluding hydrogens is 110 g/mol. The van der Waals surface area contributed by atoms with Gasteiger partial charge in [-0.15, -0.1) is 0 Å². The lowest BCUT2D eigenvalue weighted by atomic mass is 9.84. The highest BCUT2D eigenvalue weighted by molar-refractivity contribution is 4.84. The Kier molecular flexibility index (Phi) is 1.26. The number of nitrogens with zero attached hydrogens (tertiary/aromatic N) is 1. The van der Waals surface area contributed by atoms with Gasteiger partial charge in [0.25, 0.3) is 0 Å². The van der Waals surface area contributed by atoms with E-state index in [2.05, 4.69) is 11.8 Å². The van der Waals surface area contributed by atoms with E-state index >= 15 is 0 Å². The zero-order valence-corrected chi connectivity index (χ0v) is 6.14. The third kappa shape index (κ3) is 0.877.